The van der Waals surface area contributed by atoms with Gasteiger partial charge in [0.05, 0.1) is 12.5 Å². The molecule has 0 aliphatic heterocycles. The van der Waals surface area contributed by atoms with Gasteiger partial charge in [0.25, 0.3) is 0 Å². The van der Waals surface area contributed by atoms with Gasteiger partial charge >= 0.3 is 0 Å². The summed E-state index contributed by atoms with van der Waals surface area (Å²) in [6.45, 7) is 1.92. The van der Waals surface area contributed by atoms with Crippen LogP contribution in [-0.4, -0.2) is 5.11 Å². The van der Waals surface area contributed by atoms with E-state index in [1.54, 1.807) is 24.7 Å². The van der Waals surface area contributed by atoms with Gasteiger partial charge in [-0.2, -0.15) is 0 Å². The van der Waals surface area contributed by atoms with Gasteiger partial charge in [-0.25, -0.2) is 0 Å². The average molecular weight is 223 g/mol. The highest BCUT2D eigenvalue weighted by Crippen LogP contribution is 2.26. The molecule has 0 fully saturated rings. The minimum absolute atomic E-state index is 0.652. The largest absolute Gasteiger partial charge is 0.472 e. The van der Waals surface area contributed by atoms with E-state index in [0.29, 0.717) is 5.02 Å². The fourth-order valence-corrected chi connectivity index (χ4v) is 1.78. The van der Waals surface area contributed by atoms with Gasteiger partial charge in [-0.3, -0.25) is 0 Å². The van der Waals surface area contributed by atoms with Gasteiger partial charge in [0, 0.05) is 10.6 Å². The van der Waals surface area contributed by atoms with Gasteiger partial charge in [0.1, 0.15) is 6.10 Å². The zero-order chi connectivity index (χ0) is 10.8. The van der Waals surface area contributed by atoms with Gasteiger partial charge in [-0.05, 0) is 36.2 Å². The molecule has 1 atom stereocenters. The van der Waals surface area contributed by atoms with Crippen LogP contribution in [0, 0.1) is 6.92 Å². The second-order valence-electron chi connectivity index (χ2n) is 3.46. The van der Waals surface area contributed by atoms with E-state index in [1.807, 2.05) is 19.1 Å². The summed E-state index contributed by atoms with van der Waals surface area (Å²) in [5.74, 6) is 0. The summed E-state index contributed by atoms with van der Waals surface area (Å²) < 4.78 is 4.93. The molecule has 1 heterocycles. The van der Waals surface area contributed by atoms with Crippen LogP contribution in [0.25, 0.3) is 0 Å². The lowest BCUT2D eigenvalue weighted by Crippen LogP contribution is -2.00. The van der Waals surface area contributed by atoms with E-state index in [1.165, 1.54) is 0 Å². The number of halogens is 1. The third-order valence-corrected chi connectivity index (χ3v) is 2.62. The van der Waals surface area contributed by atoms with Gasteiger partial charge in [-0.1, -0.05) is 17.7 Å². The molecule has 3 heteroatoms. The van der Waals surface area contributed by atoms with Gasteiger partial charge in [0.15, 0.2) is 0 Å². The molecule has 1 aromatic carbocycles. The Morgan fingerprint density at radius 2 is 2.13 bits per heavy atom. The van der Waals surface area contributed by atoms with Crippen LogP contribution in [0.2, 0.25) is 5.02 Å². The van der Waals surface area contributed by atoms with Crippen molar-refractivity contribution in [3.05, 3.63) is 58.5 Å². The molecule has 0 saturated heterocycles. The van der Waals surface area contributed by atoms with Crippen LogP contribution in [0.4, 0.5) is 0 Å². The summed E-state index contributed by atoms with van der Waals surface area (Å²) in [5, 5.41) is 10.7. The number of aliphatic hydroxyl groups excluding tert-OH is 1. The zero-order valence-electron chi connectivity index (χ0n) is 8.27. The molecule has 0 radical (unpaired) electrons. The van der Waals surface area contributed by atoms with Crippen LogP contribution < -0.4 is 0 Å². The first-order valence-electron chi connectivity index (χ1n) is 4.64. The summed E-state index contributed by atoms with van der Waals surface area (Å²) in [6.07, 6.45) is 2.43. The van der Waals surface area contributed by atoms with Crippen molar-refractivity contribution in [2.24, 2.45) is 0 Å². The minimum atomic E-state index is -0.652. The number of hydrogen-bond acceptors (Lipinski definition) is 2. The lowest BCUT2D eigenvalue weighted by molar-refractivity contribution is 0.218. The smallest absolute Gasteiger partial charge is 0.107 e. The number of benzene rings is 1. The number of aryl methyl sites for hydroxylation is 1. The fraction of sp³-hybridized carbons (Fsp3) is 0.167. The van der Waals surface area contributed by atoms with Gasteiger partial charge in [0.2, 0.25) is 0 Å². The van der Waals surface area contributed by atoms with E-state index in [4.69, 9.17) is 16.0 Å². The number of aliphatic hydroxyl groups is 1. The molecule has 15 heavy (non-hydrogen) atoms. The van der Waals surface area contributed by atoms with Crippen molar-refractivity contribution in [3.8, 4) is 0 Å². The molecule has 0 aliphatic carbocycles. The first-order valence-corrected chi connectivity index (χ1v) is 5.02. The van der Waals surface area contributed by atoms with Crippen LogP contribution in [0.1, 0.15) is 22.8 Å². The normalized spacial score (nSPS) is 12.7. The van der Waals surface area contributed by atoms with E-state index in [-0.39, 0.29) is 0 Å². The van der Waals surface area contributed by atoms with Crippen molar-refractivity contribution < 1.29 is 9.52 Å². The van der Waals surface area contributed by atoms with Crippen LogP contribution in [0.5, 0.6) is 0 Å². The minimum Gasteiger partial charge on any atom is -0.472 e. The number of hydrogen-bond donors (Lipinski definition) is 1. The molecular formula is C12H11ClO2. The predicted octanol–water partition coefficient (Wildman–Crippen LogP) is 3.32. The second kappa shape index (κ2) is 4.09. The van der Waals surface area contributed by atoms with Crippen LogP contribution >= 0.6 is 11.6 Å². The first-order chi connectivity index (χ1) is 7.18. The van der Waals surface area contributed by atoms with Crippen molar-refractivity contribution in [2.75, 3.05) is 0 Å². The molecule has 1 unspecified atom stereocenters. The Morgan fingerprint density at radius 1 is 1.33 bits per heavy atom. The molecule has 2 aromatic rings. The molecule has 0 spiro atoms. The Morgan fingerprint density at radius 3 is 2.73 bits per heavy atom. The van der Waals surface area contributed by atoms with E-state index in [9.17, 15) is 5.11 Å². The van der Waals surface area contributed by atoms with E-state index >= 15 is 0 Å². The van der Waals surface area contributed by atoms with Crippen molar-refractivity contribution in [2.45, 2.75) is 13.0 Å². The van der Waals surface area contributed by atoms with Crippen molar-refractivity contribution in [1.29, 1.82) is 0 Å². The van der Waals surface area contributed by atoms with Gasteiger partial charge in [-0.15, -0.1) is 0 Å². The molecule has 0 saturated carbocycles. The SMILES string of the molecule is Cc1cc(Cl)ccc1C(O)c1ccoc1. The van der Waals surface area contributed by atoms with E-state index in [0.717, 1.165) is 16.7 Å². The summed E-state index contributed by atoms with van der Waals surface area (Å²) in [5.41, 5.74) is 2.57. The predicted molar refractivity (Wildman–Crippen MR) is 59.0 cm³/mol. The third kappa shape index (κ3) is 2.06. The quantitative estimate of drug-likeness (QED) is 0.846. The maximum Gasteiger partial charge on any atom is 0.107 e. The highest BCUT2D eigenvalue weighted by molar-refractivity contribution is 6.30. The molecular weight excluding hydrogens is 212 g/mol. The topological polar surface area (TPSA) is 33.4 Å². The van der Waals surface area contributed by atoms with Crippen molar-refractivity contribution >= 4 is 11.6 Å². The summed E-state index contributed by atoms with van der Waals surface area (Å²) >= 11 is 5.85. The summed E-state index contributed by atoms with van der Waals surface area (Å²) in [7, 11) is 0. The standard InChI is InChI=1S/C12H11ClO2/c1-8-6-10(13)2-3-11(8)12(14)9-4-5-15-7-9/h2-7,12,14H,1H3. The average Bonchev–Trinajstić information content (AvgIpc) is 2.69. The Hall–Kier alpha value is -1.25. The van der Waals surface area contributed by atoms with Crippen molar-refractivity contribution in [1.82, 2.24) is 0 Å². The Bertz CT molecular complexity index is 449. The second-order valence-corrected chi connectivity index (χ2v) is 3.90. The molecule has 0 aliphatic rings. The lowest BCUT2D eigenvalue weighted by Gasteiger charge is -2.11. The zero-order valence-corrected chi connectivity index (χ0v) is 9.03. The Kier molecular flexibility index (Phi) is 2.80. The van der Waals surface area contributed by atoms with Crippen LogP contribution in [-0.2, 0) is 0 Å². The first kappa shape index (κ1) is 10.3. The Balaban J connectivity index is 2.38. The molecule has 1 N–H and O–H groups in total. The maximum atomic E-state index is 10.0. The molecule has 78 valence electrons. The molecule has 2 nitrogen and oxygen atoms in total. The number of rotatable bonds is 2. The summed E-state index contributed by atoms with van der Waals surface area (Å²) in [4.78, 5) is 0. The Labute approximate surface area is 93.1 Å². The van der Waals surface area contributed by atoms with E-state index < -0.39 is 6.10 Å². The summed E-state index contributed by atoms with van der Waals surface area (Å²) in [6, 6.07) is 7.18. The molecule has 0 bridgehead atoms. The highest BCUT2D eigenvalue weighted by Gasteiger charge is 2.13. The van der Waals surface area contributed by atoms with Crippen molar-refractivity contribution in [3.63, 3.8) is 0 Å². The maximum absolute atomic E-state index is 10.0. The van der Waals surface area contributed by atoms with E-state index in [2.05, 4.69) is 0 Å². The van der Waals surface area contributed by atoms with Crippen LogP contribution in [0.15, 0.2) is 41.2 Å². The highest BCUT2D eigenvalue weighted by atomic mass is 35.5. The molecule has 0 amide bonds. The number of furan rings is 1. The van der Waals surface area contributed by atoms with Gasteiger partial charge < -0.3 is 9.52 Å². The molecule has 1 aromatic heterocycles. The van der Waals surface area contributed by atoms with Crippen LogP contribution in [0.3, 0.4) is 0 Å². The molecule has 2 rings (SSSR count). The fourth-order valence-electron chi connectivity index (χ4n) is 1.56. The third-order valence-electron chi connectivity index (χ3n) is 2.39. The monoisotopic (exact) mass is 222 g/mol. The lowest BCUT2D eigenvalue weighted by atomic mass is 10.00.